The third-order valence-corrected chi connectivity index (χ3v) is 2.96. The lowest BCUT2D eigenvalue weighted by Gasteiger charge is -2.10. The summed E-state index contributed by atoms with van der Waals surface area (Å²) in [4.78, 5) is 0. The van der Waals surface area contributed by atoms with Crippen LogP contribution in [0.1, 0.15) is 45.3 Å². The maximum Gasteiger partial charge on any atom is 0.0833 e. The third-order valence-electron chi connectivity index (χ3n) is 2.71. The Balaban J connectivity index is 2.76. The van der Waals surface area contributed by atoms with Gasteiger partial charge in [-0.3, -0.25) is 0 Å². The van der Waals surface area contributed by atoms with Gasteiger partial charge in [-0.2, -0.15) is 0 Å². The SMILES string of the molecule is CCC(C)=C=C(C)CC(O)c1ccc(Cl)cc1. The molecule has 0 fully saturated rings. The van der Waals surface area contributed by atoms with Crippen LogP contribution in [0.5, 0.6) is 0 Å². The van der Waals surface area contributed by atoms with Crippen LogP contribution in [0.15, 0.2) is 41.1 Å². The van der Waals surface area contributed by atoms with E-state index in [4.69, 9.17) is 11.6 Å². The second-order valence-electron chi connectivity index (χ2n) is 4.31. The van der Waals surface area contributed by atoms with Crippen molar-refractivity contribution in [2.75, 3.05) is 0 Å². The minimum absolute atomic E-state index is 0.482. The van der Waals surface area contributed by atoms with Gasteiger partial charge in [0.25, 0.3) is 0 Å². The van der Waals surface area contributed by atoms with Gasteiger partial charge in [0, 0.05) is 11.4 Å². The van der Waals surface area contributed by atoms with E-state index in [1.165, 1.54) is 5.57 Å². The molecule has 0 saturated carbocycles. The van der Waals surface area contributed by atoms with Crippen LogP contribution in [0.25, 0.3) is 0 Å². The van der Waals surface area contributed by atoms with Crippen molar-refractivity contribution in [2.24, 2.45) is 0 Å². The summed E-state index contributed by atoms with van der Waals surface area (Å²) in [6.45, 7) is 6.15. The number of hydrogen-bond acceptors (Lipinski definition) is 1. The Morgan fingerprint density at radius 3 is 2.35 bits per heavy atom. The molecule has 1 rings (SSSR count). The van der Waals surface area contributed by atoms with Crippen LogP contribution in [0.4, 0.5) is 0 Å². The maximum absolute atomic E-state index is 10.1. The molecule has 1 aromatic rings. The molecule has 0 saturated heterocycles. The Kier molecular flexibility index (Phi) is 5.50. The van der Waals surface area contributed by atoms with Crippen LogP contribution < -0.4 is 0 Å². The van der Waals surface area contributed by atoms with E-state index in [1.54, 1.807) is 12.1 Å². The van der Waals surface area contributed by atoms with Crippen LogP contribution in [0, 0.1) is 0 Å². The van der Waals surface area contributed by atoms with Gasteiger partial charge in [0.05, 0.1) is 6.10 Å². The second-order valence-corrected chi connectivity index (χ2v) is 4.75. The number of aliphatic hydroxyl groups is 1. The largest absolute Gasteiger partial charge is 0.388 e. The zero-order valence-corrected chi connectivity index (χ0v) is 11.4. The molecule has 2 heteroatoms. The van der Waals surface area contributed by atoms with Gasteiger partial charge < -0.3 is 5.11 Å². The Hall–Kier alpha value is -1.01. The van der Waals surface area contributed by atoms with Crippen molar-refractivity contribution in [1.29, 1.82) is 0 Å². The van der Waals surface area contributed by atoms with Gasteiger partial charge in [-0.1, -0.05) is 30.7 Å². The highest BCUT2D eigenvalue weighted by molar-refractivity contribution is 6.30. The molecule has 1 atom stereocenters. The van der Waals surface area contributed by atoms with E-state index >= 15 is 0 Å². The molecule has 1 aromatic carbocycles. The van der Waals surface area contributed by atoms with Gasteiger partial charge in [-0.15, -0.1) is 5.73 Å². The standard InChI is InChI=1S/C15H19ClO/c1-4-11(2)9-12(3)10-15(17)13-5-7-14(16)8-6-13/h5-8,15,17H,4,10H2,1-3H3. The smallest absolute Gasteiger partial charge is 0.0833 e. The first kappa shape index (κ1) is 14.1. The third kappa shape index (κ3) is 4.79. The van der Waals surface area contributed by atoms with E-state index in [0.29, 0.717) is 11.4 Å². The van der Waals surface area contributed by atoms with E-state index < -0.39 is 6.10 Å². The number of benzene rings is 1. The minimum atomic E-state index is -0.482. The molecule has 17 heavy (non-hydrogen) atoms. The second kappa shape index (κ2) is 6.66. The molecular weight excluding hydrogens is 232 g/mol. The van der Waals surface area contributed by atoms with Crippen molar-refractivity contribution in [2.45, 2.75) is 39.7 Å². The van der Waals surface area contributed by atoms with E-state index in [2.05, 4.69) is 19.6 Å². The van der Waals surface area contributed by atoms with E-state index in [-0.39, 0.29) is 0 Å². The quantitative estimate of drug-likeness (QED) is 0.771. The first-order chi connectivity index (χ1) is 8.02. The van der Waals surface area contributed by atoms with Crippen molar-refractivity contribution < 1.29 is 5.11 Å². The molecule has 0 aliphatic heterocycles. The van der Waals surface area contributed by atoms with Crippen LogP contribution in [0.2, 0.25) is 5.02 Å². The highest BCUT2D eigenvalue weighted by Gasteiger charge is 2.07. The predicted molar refractivity (Wildman–Crippen MR) is 73.2 cm³/mol. The van der Waals surface area contributed by atoms with Crippen molar-refractivity contribution >= 4 is 11.6 Å². The Morgan fingerprint density at radius 1 is 1.24 bits per heavy atom. The minimum Gasteiger partial charge on any atom is -0.388 e. The highest BCUT2D eigenvalue weighted by atomic mass is 35.5. The summed E-state index contributed by atoms with van der Waals surface area (Å²) in [7, 11) is 0. The number of hydrogen-bond donors (Lipinski definition) is 1. The molecule has 0 spiro atoms. The summed E-state index contributed by atoms with van der Waals surface area (Å²) < 4.78 is 0. The highest BCUT2D eigenvalue weighted by Crippen LogP contribution is 2.22. The van der Waals surface area contributed by atoms with Crippen LogP contribution in [-0.2, 0) is 0 Å². The molecule has 0 heterocycles. The first-order valence-corrected chi connectivity index (χ1v) is 6.26. The molecule has 0 amide bonds. The lowest BCUT2D eigenvalue weighted by Crippen LogP contribution is -1.97. The zero-order valence-electron chi connectivity index (χ0n) is 10.6. The summed E-state index contributed by atoms with van der Waals surface area (Å²) >= 11 is 5.81. The lowest BCUT2D eigenvalue weighted by atomic mass is 10.0. The summed E-state index contributed by atoms with van der Waals surface area (Å²) in [5, 5.41) is 10.7. The lowest BCUT2D eigenvalue weighted by molar-refractivity contribution is 0.178. The Labute approximate surface area is 108 Å². The van der Waals surface area contributed by atoms with Crippen molar-refractivity contribution in [3.63, 3.8) is 0 Å². The molecule has 0 aromatic heterocycles. The van der Waals surface area contributed by atoms with Crippen LogP contribution in [-0.4, -0.2) is 5.11 Å². The van der Waals surface area contributed by atoms with Gasteiger partial charge in [-0.25, -0.2) is 0 Å². The van der Waals surface area contributed by atoms with Gasteiger partial charge in [-0.05, 0) is 49.1 Å². The average Bonchev–Trinajstić information content (AvgIpc) is 2.29. The topological polar surface area (TPSA) is 20.2 Å². The summed E-state index contributed by atoms with van der Waals surface area (Å²) in [6.07, 6.45) is 1.12. The van der Waals surface area contributed by atoms with Crippen LogP contribution in [0.3, 0.4) is 0 Å². The number of aliphatic hydroxyl groups excluding tert-OH is 1. The van der Waals surface area contributed by atoms with E-state index in [1.807, 2.05) is 19.1 Å². The Bertz CT molecular complexity index is 425. The molecule has 1 unspecified atom stereocenters. The predicted octanol–water partition coefficient (Wildman–Crippen LogP) is 4.67. The fourth-order valence-corrected chi connectivity index (χ4v) is 1.72. The van der Waals surface area contributed by atoms with E-state index in [0.717, 1.165) is 17.6 Å². The van der Waals surface area contributed by atoms with Gasteiger partial charge in [0.2, 0.25) is 0 Å². The summed E-state index contributed by atoms with van der Waals surface area (Å²) in [5.41, 5.74) is 6.47. The fourth-order valence-electron chi connectivity index (χ4n) is 1.60. The summed E-state index contributed by atoms with van der Waals surface area (Å²) in [6, 6.07) is 7.31. The van der Waals surface area contributed by atoms with Crippen molar-refractivity contribution in [1.82, 2.24) is 0 Å². The molecule has 0 bridgehead atoms. The molecule has 92 valence electrons. The number of rotatable bonds is 4. The first-order valence-electron chi connectivity index (χ1n) is 5.88. The van der Waals surface area contributed by atoms with Crippen molar-refractivity contribution in [3.05, 3.63) is 51.7 Å². The van der Waals surface area contributed by atoms with Gasteiger partial charge >= 0.3 is 0 Å². The van der Waals surface area contributed by atoms with Gasteiger partial charge in [0.15, 0.2) is 0 Å². The van der Waals surface area contributed by atoms with E-state index in [9.17, 15) is 5.11 Å². The molecular formula is C15H19ClO. The molecule has 0 aliphatic rings. The summed E-state index contributed by atoms with van der Waals surface area (Å²) in [5.74, 6) is 0. The normalized spacial score (nSPS) is 11.8. The maximum atomic E-state index is 10.1. The number of halogens is 1. The molecule has 0 radical (unpaired) electrons. The zero-order chi connectivity index (χ0) is 12.8. The Morgan fingerprint density at radius 2 is 1.82 bits per heavy atom. The average molecular weight is 251 g/mol. The molecule has 1 nitrogen and oxygen atoms in total. The van der Waals surface area contributed by atoms with Crippen molar-refractivity contribution in [3.8, 4) is 0 Å². The monoisotopic (exact) mass is 250 g/mol. The van der Waals surface area contributed by atoms with Gasteiger partial charge in [0.1, 0.15) is 0 Å². The fraction of sp³-hybridized carbons (Fsp3) is 0.400. The molecule has 0 aliphatic carbocycles. The van der Waals surface area contributed by atoms with Crippen LogP contribution >= 0.6 is 11.6 Å². The molecule has 1 N–H and O–H groups in total.